The Hall–Kier alpha value is -1.58. The Kier molecular flexibility index (Phi) is 4.13. The predicted molar refractivity (Wildman–Crippen MR) is 85.1 cm³/mol. The van der Waals surface area contributed by atoms with Crippen molar-refractivity contribution in [3.05, 3.63) is 52.2 Å². The van der Waals surface area contributed by atoms with Crippen LogP contribution in [0.4, 0.5) is 0 Å². The lowest BCUT2D eigenvalue weighted by Crippen LogP contribution is -2.15. The molecule has 4 heteroatoms. The largest absolute Gasteiger partial charge is 0.439 e. The van der Waals surface area contributed by atoms with E-state index < -0.39 is 0 Å². The lowest BCUT2D eigenvalue weighted by atomic mass is 10.2. The summed E-state index contributed by atoms with van der Waals surface area (Å²) in [6.07, 6.45) is 2.58. The minimum atomic E-state index is 0.629. The number of aryl methyl sites for hydroxylation is 2. The molecule has 0 amide bonds. The fourth-order valence-electron chi connectivity index (χ4n) is 2.21. The number of benzene rings is 1. The van der Waals surface area contributed by atoms with Crippen molar-refractivity contribution in [3.63, 3.8) is 0 Å². The van der Waals surface area contributed by atoms with Crippen LogP contribution in [-0.4, -0.2) is 11.0 Å². The highest BCUT2D eigenvalue weighted by Crippen LogP contribution is 2.26. The molecule has 3 nitrogen and oxygen atoms in total. The van der Waals surface area contributed by atoms with Crippen LogP contribution in [0.5, 0.6) is 11.6 Å². The maximum atomic E-state index is 6.03. The van der Waals surface area contributed by atoms with E-state index >= 15 is 0 Å². The molecule has 1 aromatic heterocycles. The summed E-state index contributed by atoms with van der Waals surface area (Å²) in [4.78, 5) is 4.44. The number of aromatic nitrogens is 1. The van der Waals surface area contributed by atoms with Crippen molar-refractivity contribution in [2.24, 2.45) is 0 Å². The van der Waals surface area contributed by atoms with Crippen molar-refractivity contribution in [1.82, 2.24) is 10.3 Å². The van der Waals surface area contributed by atoms with Gasteiger partial charge in [-0.15, -0.1) is 0 Å². The van der Waals surface area contributed by atoms with Crippen LogP contribution >= 0.6 is 11.6 Å². The number of pyridine rings is 1. The van der Waals surface area contributed by atoms with Crippen LogP contribution < -0.4 is 10.1 Å². The molecule has 21 heavy (non-hydrogen) atoms. The van der Waals surface area contributed by atoms with Crippen LogP contribution in [0.25, 0.3) is 0 Å². The summed E-state index contributed by atoms with van der Waals surface area (Å²) in [5, 5.41) is 4.25. The van der Waals surface area contributed by atoms with Gasteiger partial charge in [-0.3, -0.25) is 0 Å². The lowest BCUT2D eigenvalue weighted by Gasteiger charge is -2.10. The molecule has 1 fully saturated rings. The van der Waals surface area contributed by atoms with E-state index in [1.54, 1.807) is 0 Å². The van der Waals surface area contributed by atoms with E-state index in [-0.39, 0.29) is 0 Å². The lowest BCUT2D eigenvalue weighted by molar-refractivity contribution is 0.460. The molecule has 1 aliphatic carbocycles. The zero-order valence-corrected chi connectivity index (χ0v) is 13.1. The summed E-state index contributed by atoms with van der Waals surface area (Å²) in [7, 11) is 0. The van der Waals surface area contributed by atoms with Crippen LogP contribution in [0.3, 0.4) is 0 Å². The highest BCUT2D eigenvalue weighted by molar-refractivity contribution is 6.31. The molecule has 0 spiro atoms. The number of nitrogens with zero attached hydrogens (tertiary/aromatic N) is 1. The van der Waals surface area contributed by atoms with Crippen molar-refractivity contribution in [2.45, 2.75) is 39.3 Å². The summed E-state index contributed by atoms with van der Waals surface area (Å²) >= 11 is 6.03. The summed E-state index contributed by atoms with van der Waals surface area (Å²) in [6.45, 7) is 4.81. The molecule has 1 N–H and O–H groups in total. The van der Waals surface area contributed by atoms with Gasteiger partial charge in [0.05, 0.1) is 0 Å². The second kappa shape index (κ2) is 6.04. The zero-order valence-electron chi connectivity index (χ0n) is 12.3. The van der Waals surface area contributed by atoms with Crippen LogP contribution in [-0.2, 0) is 6.54 Å². The summed E-state index contributed by atoms with van der Waals surface area (Å²) < 4.78 is 5.86. The monoisotopic (exact) mass is 302 g/mol. The normalized spacial score (nSPS) is 14.2. The van der Waals surface area contributed by atoms with E-state index in [9.17, 15) is 0 Å². The predicted octanol–water partition coefficient (Wildman–Crippen LogP) is 4.40. The molecule has 0 unspecified atom stereocenters. The van der Waals surface area contributed by atoms with Crippen LogP contribution in [0, 0.1) is 13.8 Å². The first-order valence-corrected chi connectivity index (χ1v) is 7.63. The van der Waals surface area contributed by atoms with E-state index in [1.165, 1.54) is 18.4 Å². The molecule has 1 aromatic carbocycles. The van der Waals surface area contributed by atoms with Gasteiger partial charge in [0.15, 0.2) is 0 Å². The van der Waals surface area contributed by atoms with Gasteiger partial charge in [0.2, 0.25) is 5.88 Å². The molecule has 0 radical (unpaired) electrons. The molecule has 0 bridgehead atoms. The van der Waals surface area contributed by atoms with Gasteiger partial charge < -0.3 is 10.1 Å². The number of hydrogen-bond acceptors (Lipinski definition) is 3. The fourth-order valence-corrected chi connectivity index (χ4v) is 2.33. The average molecular weight is 303 g/mol. The Morgan fingerprint density at radius 2 is 2.05 bits per heavy atom. The van der Waals surface area contributed by atoms with Crippen LogP contribution in [0.1, 0.15) is 29.7 Å². The number of hydrogen-bond donors (Lipinski definition) is 1. The number of halogens is 1. The first-order chi connectivity index (χ1) is 10.1. The van der Waals surface area contributed by atoms with Crippen molar-refractivity contribution in [1.29, 1.82) is 0 Å². The molecule has 3 rings (SSSR count). The molecule has 1 heterocycles. The SMILES string of the molecule is Cc1cc(CNC2CC2)cc(Oc2ccc(Cl)c(C)c2)n1. The fraction of sp³-hybridized carbons (Fsp3) is 0.353. The Labute approximate surface area is 130 Å². The summed E-state index contributed by atoms with van der Waals surface area (Å²) in [6, 6.07) is 10.4. The number of rotatable bonds is 5. The molecule has 1 saturated carbocycles. The Bertz CT molecular complexity index is 653. The van der Waals surface area contributed by atoms with E-state index in [1.807, 2.05) is 38.1 Å². The Morgan fingerprint density at radius 3 is 2.76 bits per heavy atom. The molecule has 0 atom stereocenters. The van der Waals surface area contributed by atoms with Crippen LogP contribution in [0.15, 0.2) is 30.3 Å². The molecular weight excluding hydrogens is 284 g/mol. The topological polar surface area (TPSA) is 34.1 Å². The van der Waals surface area contributed by atoms with Crippen molar-refractivity contribution < 1.29 is 4.74 Å². The smallest absolute Gasteiger partial charge is 0.219 e. The highest BCUT2D eigenvalue weighted by atomic mass is 35.5. The standard InChI is InChI=1S/C17H19ClN2O/c1-11-7-15(5-6-16(11)18)21-17-9-13(8-12(2)20-17)10-19-14-3-4-14/h5-9,14,19H,3-4,10H2,1-2H3. The highest BCUT2D eigenvalue weighted by Gasteiger charge is 2.20. The first kappa shape index (κ1) is 14.4. The maximum absolute atomic E-state index is 6.03. The van der Waals surface area contributed by atoms with E-state index in [0.717, 1.165) is 28.6 Å². The molecular formula is C17H19ClN2O. The van der Waals surface area contributed by atoms with E-state index in [0.29, 0.717) is 11.9 Å². The third kappa shape index (κ3) is 3.96. The summed E-state index contributed by atoms with van der Waals surface area (Å²) in [5.74, 6) is 1.39. The minimum absolute atomic E-state index is 0.629. The number of ether oxygens (including phenoxy) is 1. The van der Waals surface area contributed by atoms with Crippen LogP contribution in [0.2, 0.25) is 5.02 Å². The molecule has 2 aromatic rings. The summed E-state index contributed by atoms with van der Waals surface area (Å²) in [5.41, 5.74) is 3.17. The van der Waals surface area contributed by atoms with Gasteiger partial charge in [0.25, 0.3) is 0 Å². The van der Waals surface area contributed by atoms with Crippen molar-refractivity contribution in [2.75, 3.05) is 0 Å². The Morgan fingerprint density at radius 1 is 1.24 bits per heavy atom. The van der Waals surface area contributed by atoms with Gasteiger partial charge in [0.1, 0.15) is 5.75 Å². The zero-order chi connectivity index (χ0) is 14.8. The molecule has 110 valence electrons. The van der Waals surface area contributed by atoms with Gasteiger partial charge in [-0.05, 0) is 62.1 Å². The second-order valence-electron chi connectivity index (χ2n) is 5.62. The van der Waals surface area contributed by atoms with Gasteiger partial charge in [-0.1, -0.05) is 11.6 Å². The van der Waals surface area contributed by atoms with Crippen molar-refractivity contribution >= 4 is 11.6 Å². The maximum Gasteiger partial charge on any atom is 0.219 e. The quantitative estimate of drug-likeness (QED) is 0.889. The third-order valence-electron chi connectivity index (χ3n) is 3.51. The Balaban J connectivity index is 1.75. The van der Waals surface area contributed by atoms with E-state index in [2.05, 4.69) is 16.4 Å². The van der Waals surface area contributed by atoms with E-state index in [4.69, 9.17) is 16.3 Å². The molecule has 1 aliphatic rings. The third-order valence-corrected chi connectivity index (χ3v) is 3.94. The van der Waals surface area contributed by atoms with Gasteiger partial charge in [-0.25, -0.2) is 4.98 Å². The minimum Gasteiger partial charge on any atom is -0.439 e. The van der Waals surface area contributed by atoms with Gasteiger partial charge >= 0.3 is 0 Å². The van der Waals surface area contributed by atoms with Gasteiger partial charge in [0, 0.05) is 29.4 Å². The van der Waals surface area contributed by atoms with Gasteiger partial charge in [-0.2, -0.15) is 0 Å². The second-order valence-corrected chi connectivity index (χ2v) is 6.03. The molecule has 0 saturated heterocycles. The molecule has 0 aliphatic heterocycles. The number of nitrogens with one attached hydrogen (secondary N) is 1. The van der Waals surface area contributed by atoms with Crippen molar-refractivity contribution in [3.8, 4) is 11.6 Å². The average Bonchev–Trinajstić information content (AvgIpc) is 3.24. The first-order valence-electron chi connectivity index (χ1n) is 7.25.